The Bertz CT molecular complexity index is 1130. The van der Waals surface area contributed by atoms with Crippen LogP contribution in [0.2, 0.25) is 0 Å². The van der Waals surface area contributed by atoms with Gasteiger partial charge in [0.25, 0.3) is 0 Å². The average Bonchev–Trinajstić information content (AvgIpc) is 2.68. The van der Waals surface area contributed by atoms with Crippen molar-refractivity contribution >= 4 is 11.0 Å². The Labute approximate surface area is 149 Å². The summed E-state index contributed by atoms with van der Waals surface area (Å²) in [5.74, 6) is -0.285. The van der Waals surface area contributed by atoms with Crippen molar-refractivity contribution in [3.05, 3.63) is 87.1 Å². The number of hydrogen-bond donors (Lipinski definition) is 1. The molecule has 5 heteroatoms. The lowest BCUT2D eigenvalue weighted by Crippen LogP contribution is -2.25. The summed E-state index contributed by atoms with van der Waals surface area (Å²) in [5.41, 5.74) is 8.35. The van der Waals surface area contributed by atoms with E-state index in [2.05, 4.69) is 13.0 Å². The van der Waals surface area contributed by atoms with Crippen molar-refractivity contribution in [1.29, 1.82) is 5.26 Å². The first kappa shape index (κ1) is 16.0. The molecule has 5 nitrogen and oxygen atoms in total. The number of rotatable bonds is 2. The summed E-state index contributed by atoms with van der Waals surface area (Å²) in [4.78, 5) is 12.8. The molecule has 1 unspecified atom stereocenters. The normalized spacial score (nSPS) is 16.1. The van der Waals surface area contributed by atoms with Crippen LogP contribution >= 0.6 is 0 Å². The molecular formula is C21H16N2O3. The standard InChI is InChI=1S/C21H16N2O3/c1-2-12-7-9-13(10-8-12)17-15(11-22)21(23)26-20-18(24)14-5-3-4-6-16(14)25-19(17)20/h3-10,17H,2,23H2,1H3. The van der Waals surface area contributed by atoms with Gasteiger partial charge in [-0.1, -0.05) is 43.3 Å². The first-order chi connectivity index (χ1) is 12.6. The first-order valence-corrected chi connectivity index (χ1v) is 8.36. The monoisotopic (exact) mass is 344 g/mol. The van der Waals surface area contributed by atoms with Gasteiger partial charge in [0.1, 0.15) is 17.2 Å². The number of nitrogens with zero attached hydrogens (tertiary/aromatic N) is 1. The van der Waals surface area contributed by atoms with Crippen LogP contribution in [0.4, 0.5) is 0 Å². The molecule has 3 aromatic rings. The van der Waals surface area contributed by atoms with E-state index in [-0.39, 0.29) is 22.6 Å². The molecule has 0 bridgehead atoms. The summed E-state index contributed by atoms with van der Waals surface area (Å²) in [6, 6.07) is 16.9. The van der Waals surface area contributed by atoms with Gasteiger partial charge in [0, 0.05) is 0 Å². The van der Waals surface area contributed by atoms with Gasteiger partial charge in [-0.25, -0.2) is 0 Å². The second-order valence-corrected chi connectivity index (χ2v) is 6.14. The van der Waals surface area contributed by atoms with Crippen molar-refractivity contribution in [2.45, 2.75) is 19.3 Å². The predicted octanol–water partition coefficient (Wildman–Crippen LogP) is 3.57. The fourth-order valence-corrected chi connectivity index (χ4v) is 3.25. The van der Waals surface area contributed by atoms with E-state index in [1.807, 2.05) is 24.3 Å². The van der Waals surface area contributed by atoms with E-state index >= 15 is 0 Å². The quantitative estimate of drug-likeness (QED) is 0.767. The molecule has 1 aromatic heterocycles. The number of benzene rings is 2. The van der Waals surface area contributed by atoms with E-state index in [1.165, 1.54) is 5.56 Å². The number of fused-ring (bicyclic) bond motifs is 2. The summed E-state index contributed by atoms with van der Waals surface area (Å²) < 4.78 is 11.5. The van der Waals surface area contributed by atoms with Crippen molar-refractivity contribution in [3.8, 4) is 11.8 Å². The predicted molar refractivity (Wildman–Crippen MR) is 97.6 cm³/mol. The maximum atomic E-state index is 12.8. The molecule has 1 aliphatic heterocycles. The Balaban J connectivity index is 2.01. The highest BCUT2D eigenvalue weighted by Crippen LogP contribution is 2.41. The number of ether oxygens (including phenoxy) is 1. The minimum absolute atomic E-state index is 0.0461. The van der Waals surface area contributed by atoms with E-state index in [0.29, 0.717) is 16.7 Å². The van der Waals surface area contributed by atoms with Crippen LogP contribution in [0.25, 0.3) is 11.0 Å². The topological polar surface area (TPSA) is 89.2 Å². The van der Waals surface area contributed by atoms with Gasteiger partial charge in [0.15, 0.2) is 5.76 Å². The lowest BCUT2D eigenvalue weighted by atomic mass is 9.86. The zero-order valence-electron chi connectivity index (χ0n) is 14.2. The Morgan fingerprint density at radius 1 is 1.15 bits per heavy atom. The van der Waals surface area contributed by atoms with Crippen molar-refractivity contribution in [3.63, 3.8) is 0 Å². The molecule has 0 amide bonds. The third kappa shape index (κ3) is 2.35. The van der Waals surface area contributed by atoms with E-state index in [9.17, 15) is 10.1 Å². The van der Waals surface area contributed by atoms with Crippen LogP contribution in [0, 0.1) is 11.3 Å². The zero-order valence-corrected chi connectivity index (χ0v) is 14.2. The fraction of sp³-hybridized carbons (Fsp3) is 0.143. The van der Waals surface area contributed by atoms with Crippen LogP contribution in [-0.4, -0.2) is 0 Å². The fourth-order valence-electron chi connectivity index (χ4n) is 3.25. The smallest absolute Gasteiger partial charge is 0.235 e. The molecule has 128 valence electrons. The molecule has 0 saturated carbocycles. The van der Waals surface area contributed by atoms with Crippen LogP contribution in [0.15, 0.2) is 69.2 Å². The number of para-hydroxylation sites is 1. The van der Waals surface area contributed by atoms with E-state index in [4.69, 9.17) is 14.9 Å². The second-order valence-electron chi connectivity index (χ2n) is 6.14. The third-order valence-corrected chi connectivity index (χ3v) is 4.65. The van der Waals surface area contributed by atoms with Crippen molar-refractivity contribution in [2.75, 3.05) is 0 Å². The summed E-state index contributed by atoms with van der Waals surface area (Å²) in [5, 5.41) is 10.0. The highest BCUT2D eigenvalue weighted by molar-refractivity contribution is 5.78. The number of nitrogens with two attached hydrogens (primary N) is 1. The van der Waals surface area contributed by atoms with Gasteiger partial charge in [0.2, 0.25) is 17.1 Å². The molecule has 4 rings (SSSR count). The average molecular weight is 344 g/mol. The molecule has 1 atom stereocenters. The highest BCUT2D eigenvalue weighted by atomic mass is 16.5. The molecule has 0 radical (unpaired) electrons. The summed E-state index contributed by atoms with van der Waals surface area (Å²) >= 11 is 0. The Morgan fingerprint density at radius 2 is 1.88 bits per heavy atom. The van der Waals surface area contributed by atoms with Gasteiger partial charge in [-0.3, -0.25) is 4.79 Å². The minimum atomic E-state index is -0.577. The lowest BCUT2D eigenvalue weighted by Gasteiger charge is -2.24. The van der Waals surface area contributed by atoms with E-state index < -0.39 is 5.92 Å². The first-order valence-electron chi connectivity index (χ1n) is 8.36. The summed E-state index contributed by atoms with van der Waals surface area (Å²) in [6.45, 7) is 2.07. The molecule has 1 aliphatic rings. The van der Waals surface area contributed by atoms with Gasteiger partial charge in [-0.2, -0.15) is 5.26 Å². The van der Waals surface area contributed by atoms with Crippen LogP contribution in [0.3, 0.4) is 0 Å². The highest BCUT2D eigenvalue weighted by Gasteiger charge is 2.35. The summed E-state index contributed by atoms with van der Waals surface area (Å²) in [6.07, 6.45) is 0.910. The molecule has 26 heavy (non-hydrogen) atoms. The number of nitriles is 1. The van der Waals surface area contributed by atoms with Gasteiger partial charge in [0.05, 0.1) is 11.3 Å². The van der Waals surface area contributed by atoms with E-state index in [0.717, 1.165) is 12.0 Å². The second kappa shape index (κ2) is 6.08. The Morgan fingerprint density at radius 3 is 2.58 bits per heavy atom. The maximum absolute atomic E-state index is 12.8. The molecule has 2 N–H and O–H groups in total. The summed E-state index contributed by atoms with van der Waals surface area (Å²) in [7, 11) is 0. The largest absolute Gasteiger partial charge is 0.456 e. The SMILES string of the molecule is CCc1ccc(C2C(C#N)=C(N)Oc3c2oc2ccccc2c3=O)cc1. The number of aryl methyl sites for hydroxylation is 1. The van der Waals surface area contributed by atoms with Gasteiger partial charge in [-0.15, -0.1) is 0 Å². The Hall–Kier alpha value is -3.52. The minimum Gasteiger partial charge on any atom is -0.456 e. The molecule has 0 aliphatic carbocycles. The molecule has 2 heterocycles. The van der Waals surface area contributed by atoms with Crippen LogP contribution in [0.1, 0.15) is 29.7 Å². The lowest BCUT2D eigenvalue weighted by molar-refractivity contribution is 0.354. The Kier molecular flexibility index (Phi) is 3.74. The zero-order chi connectivity index (χ0) is 18.3. The van der Waals surface area contributed by atoms with Crippen molar-refractivity contribution in [1.82, 2.24) is 0 Å². The van der Waals surface area contributed by atoms with Crippen molar-refractivity contribution in [2.24, 2.45) is 5.73 Å². The molecule has 0 spiro atoms. The van der Waals surface area contributed by atoms with Crippen LogP contribution in [0.5, 0.6) is 5.75 Å². The van der Waals surface area contributed by atoms with Crippen molar-refractivity contribution < 1.29 is 9.15 Å². The van der Waals surface area contributed by atoms with Gasteiger partial charge >= 0.3 is 0 Å². The van der Waals surface area contributed by atoms with Crippen LogP contribution < -0.4 is 15.9 Å². The molecule has 0 fully saturated rings. The molecule has 2 aromatic carbocycles. The number of allylic oxidation sites excluding steroid dienone is 1. The van der Waals surface area contributed by atoms with E-state index in [1.54, 1.807) is 24.3 Å². The molecule has 0 saturated heterocycles. The number of hydrogen-bond acceptors (Lipinski definition) is 5. The van der Waals surface area contributed by atoms with Gasteiger partial charge in [-0.05, 0) is 29.7 Å². The maximum Gasteiger partial charge on any atom is 0.235 e. The molecular weight excluding hydrogens is 328 g/mol. The van der Waals surface area contributed by atoms with Gasteiger partial charge < -0.3 is 14.9 Å². The van der Waals surface area contributed by atoms with Crippen LogP contribution in [-0.2, 0) is 6.42 Å². The third-order valence-electron chi connectivity index (χ3n) is 4.65.